The van der Waals surface area contributed by atoms with Crippen molar-refractivity contribution < 1.29 is 24.1 Å². The molecular formula is C19H20O5. The van der Waals surface area contributed by atoms with Gasteiger partial charge in [0.15, 0.2) is 0 Å². The third-order valence-corrected chi connectivity index (χ3v) is 3.37. The van der Waals surface area contributed by atoms with Crippen molar-refractivity contribution in [1.29, 1.82) is 0 Å². The maximum Gasteiger partial charge on any atom is 0.339 e. The smallest absolute Gasteiger partial charge is 0.339 e. The molecule has 126 valence electrons. The quantitative estimate of drug-likeness (QED) is 0.605. The van der Waals surface area contributed by atoms with Crippen LogP contribution in [-0.2, 0) is 9.53 Å². The molecule has 0 radical (unpaired) electrons. The number of hydrogen-bond donors (Lipinski definition) is 1. The van der Waals surface area contributed by atoms with Crippen molar-refractivity contribution in [3.8, 4) is 17.2 Å². The summed E-state index contributed by atoms with van der Waals surface area (Å²) in [6, 6.07) is 14.1. The lowest BCUT2D eigenvalue weighted by Gasteiger charge is -2.14. The number of carboxylic acids is 1. The fourth-order valence-electron chi connectivity index (χ4n) is 2.24. The molecule has 2 aromatic carbocycles. The van der Waals surface area contributed by atoms with Crippen LogP contribution in [0.1, 0.15) is 19.4 Å². The Morgan fingerprint density at radius 3 is 2.46 bits per heavy atom. The molecule has 0 bridgehead atoms. The van der Waals surface area contributed by atoms with Crippen molar-refractivity contribution in [3.63, 3.8) is 0 Å². The standard InChI is InChI=1S/C19H20O5/c1-4-23-14-8-7-9-15(12-14)24-17-11-6-5-10-16(17)18(19(20)21)13(2)22-3/h5-12H,4H2,1-3H3,(H,20,21). The topological polar surface area (TPSA) is 65.0 Å². The lowest BCUT2D eigenvalue weighted by atomic mass is 10.0. The minimum atomic E-state index is -1.08. The Labute approximate surface area is 141 Å². The van der Waals surface area contributed by atoms with Crippen molar-refractivity contribution >= 4 is 11.5 Å². The highest BCUT2D eigenvalue weighted by molar-refractivity contribution is 6.16. The van der Waals surface area contributed by atoms with Gasteiger partial charge in [-0.2, -0.15) is 0 Å². The fourth-order valence-corrected chi connectivity index (χ4v) is 2.24. The van der Waals surface area contributed by atoms with E-state index in [0.717, 1.165) is 0 Å². The summed E-state index contributed by atoms with van der Waals surface area (Å²) in [5.74, 6) is 0.915. The number of rotatable bonds is 7. The number of carboxylic acid groups (broad SMARTS) is 1. The van der Waals surface area contributed by atoms with Crippen LogP contribution in [0.2, 0.25) is 0 Å². The summed E-state index contributed by atoms with van der Waals surface area (Å²) in [7, 11) is 1.44. The third-order valence-electron chi connectivity index (χ3n) is 3.37. The molecule has 0 saturated heterocycles. The average molecular weight is 328 g/mol. The second-order valence-electron chi connectivity index (χ2n) is 4.95. The molecule has 0 heterocycles. The number of carbonyl (C=O) groups is 1. The zero-order chi connectivity index (χ0) is 17.5. The van der Waals surface area contributed by atoms with Gasteiger partial charge in [-0.1, -0.05) is 24.3 Å². The molecule has 0 saturated carbocycles. The summed E-state index contributed by atoms with van der Waals surface area (Å²) < 4.78 is 16.4. The van der Waals surface area contributed by atoms with E-state index in [-0.39, 0.29) is 5.57 Å². The second-order valence-corrected chi connectivity index (χ2v) is 4.95. The van der Waals surface area contributed by atoms with Crippen molar-refractivity contribution in [2.24, 2.45) is 0 Å². The molecule has 0 amide bonds. The highest BCUT2D eigenvalue weighted by Gasteiger charge is 2.19. The van der Waals surface area contributed by atoms with E-state index in [1.54, 1.807) is 43.3 Å². The number of benzene rings is 2. The van der Waals surface area contributed by atoms with Gasteiger partial charge in [-0.05, 0) is 32.0 Å². The van der Waals surface area contributed by atoms with Crippen LogP contribution in [0.5, 0.6) is 17.2 Å². The molecular weight excluding hydrogens is 308 g/mol. The molecule has 0 spiro atoms. The first-order chi connectivity index (χ1) is 11.6. The highest BCUT2D eigenvalue weighted by atomic mass is 16.5. The number of methoxy groups -OCH3 is 1. The summed E-state index contributed by atoms with van der Waals surface area (Å²) in [6.45, 7) is 4.06. The van der Waals surface area contributed by atoms with Gasteiger partial charge in [-0.25, -0.2) is 4.79 Å². The van der Waals surface area contributed by atoms with Gasteiger partial charge in [0.05, 0.1) is 13.7 Å². The molecule has 0 aliphatic carbocycles. The van der Waals surface area contributed by atoms with Gasteiger partial charge in [0, 0.05) is 11.6 Å². The van der Waals surface area contributed by atoms with Crippen LogP contribution >= 0.6 is 0 Å². The van der Waals surface area contributed by atoms with Crippen molar-refractivity contribution in [1.82, 2.24) is 0 Å². The van der Waals surface area contributed by atoms with E-state index >= 15 is 0 Å². The van der Waals surface area contributed by atoms with Crippen LogP contribution in [-0.4, -0.2) is 24.8 Å². The first kappa shape index (κ1) is 17.4. The Kier molecular flexibility index (Phi) is 5.84. The lowest BCUT2D eigenvalue weighted by molar-refractivity contribution is -0.130. The molecule has 2 aromatic rings. The van der Waals surface area contributed by atoms with Gasteiger partial charge in [0.25, 0.3) is 0 Å². The van der Waals surface area contributed by atoms with Gasteiger partial charge in [-0.15, -0.1) is 0 Å². The molecule has 0 aliphatic rings. The van der Waals surface area contributed by atoms with Gasteiger partial charge < -0.3 is 19.3 Å². The van der Waals surface area contributed by atoms with E-state index < -0.39 is 5.97 Å². The lowest BCUT2D eigenvalue weighted by Crippen LogP contribution is -2.05. The second kappa shape index (κ2) is 8.06. The summed E-state index contributed by atoms with van der Waals surface area (Å²) in [5, 5.41) is 9.52. The summed E-state index contributed by atoms with van der Waals surface area (Å²) in [5.41, 5.74) is 0.514. The van der Waals surface area contributed by atoms with Gasteiger partial charge >= 0.3 is 5.97 Å². The maximum atomic E-state index is 11.6. The summed E-state index contributed by atoms with van der Waals surface area (Å²) in [4.78, 5) is 11.6. The van der Waals surface area contributed by atoms with Crippen LogP contribution in [0.15, 0.2) is 54.3 Å². The zero-order valence-corrected chi connectivity index (χ0v) is 13.9. The Morgan fingerprint density at radius 1 is 1.08 bits per heavy atom. The molecule has 24 heavy (non-hydrogen) atoms. The van der Waals surface area contributed by atoms with Crippen molar-refractivity contribution in [2.45, 2.75) is 13.8 Å². The van der Waals surface area contributed by atoms with Gasteiger partial charge in [0.2, 0.25) is 0 Å². The van der Waals surface area contributed by atoms with E-state index in [9.17, 15) is 9.90 Å². The van der Waals surface area contributed by atoms with Gasteiger partial charge in [-0.3, -0.25) is 0 Å². The highest BCUT2D eigenvalue weighted by Crippen LogP contribution is 2.33. The van der Waals surface area contributed by atoms with E-state index in [1.165, 1.54) is 7.11 Å². The van der Waals surface area contributed by atoms with Crippen molar-refractivity contribution in [3.05, 3.63) is 59.9 Å². The predicted molar refractivity (Wildman–Crippen MR) is 91.4 cm³/mol. The van der Waals surface area contributed by atoms with Crippen LogP contribution in [0.25, 0.3) is 5.57 Å². The monoisotopic (exact) mass is 328 g/mol. The molecule has 1 N–H and O–H groups in total. The Morgan fingerprint density at radius 2 is 1.79 bits per heavy atom. The van der Waals surface area contributed by atoms with E-state index in [4.69, 9.17) is 14.2 Å². The van der Waals surface area contributed by atoms with Gasteiger partial charge in [0.1, 0.15) is 28.6 Å². The van der Waals surface area contributed by atoms with Crippen LogP contribution in [0.3, 0.4) is 0 Å². The van der Waals surface area contributed by atoms with E-state index in [2.05, 4.69) is 0 Å². The Balaban J connectivity index is 2.43. The number of allylic oxidation sites excluding steroid dienone is 1. The van der Waals surface area contributed by atoms with Crippen LogP contribution in [0, 0.1) is 0 Å². The Bertz CT molecular complexity index is 749. The predicted octanol–water partition coefficient (Wildman–Crippen LogP) is 4.34. The van der Waals surface area contributed by atoms with Crippen LogP contribution in [0.4, 0.5) is 0 Å². The zero-order valence-electron chi connectivity index (χ0n) is 13.9. The molecule has 0 aromatic heterocycles. The van der Waals surface area contributed by atoms with E-state index in [1.807, 2.05) is 19.1 Å². The fraction of sp³-hybridized carbons (Fsp3) is 0.211. The third kappa shape index (κ3) is 4.07. The maximum absolute atomic E-state index is 11.6. The number of hydrogen-bond acceptors (Lipinski definition) is 4. The molecule has 5 nitrogen and oxygen atoms in total. The molecule has 5 heteroatoms. The largest absolute Gasteiger partial charge is 0.500 e. The molecule has 2 rings (SSSR count). The molecule has 0 fully saturated rings. The minimum absolute atomic E-state index is 0.0639. The van der Waals surface area contributed by atoms with Crippen molar-refractivity contribution in [2.75, 3.05) is 13.7 Å². The minimum Gasteiger partial charge on any atom is -0.500 e. The summed E-state index contributed by atoms with van der Waals surface area (Å²) >= 11 is 0. The molecule has 0 atom stereocenters. The normalized spacial score (nSPS) is 11.5. The average Bonchev–Trinajstić information content (AvgIpc) is 2.57. The molecule has 0 aliphatic heterocycles. The van der Waals surface area contributed by atoms with E-state index in [0.29, 0.717) is 35.2 Å². The molecule has 0 unspecified atom stereocenters. The number of aliphatic carboxylic acids is 1. The Hall–Kier alpha value is -2.95. The first-order valence-electron chi connectivity index (χ1n) is 7.55. The number of para-hydroxylation sites is 1. The van der Waals surface area contributed by atoms with Crippen LogP contribution < -0.4 is 9.47 Å². The summed E-state index contributed by atoms with van der Waals surface area (Å²) in [6.07, 6.45) is 0. The number of ether oxygens (including phenoxy) is 3. The SMILES string of the molecule is CCOc1cccc(Oc2ccccc2C(C(=O)O)=C(C)OC)c1. The first-order valence-corrected chi connectivity index (χ1v) is 7.55.